The average molecular weight is 276 g/mol. The van der Waals surface area contributed by atoms with Gasteiger partial charge in [-0.2, -0.15) is 0 Å². The molecule has 0 aromatic carbocycles. The fourth-order valence-electron chi connectivity index (χ4n) is 2.02. The molecule has 94 valence electrons. The summed E-state index contributed by atoms with van der Waals surface area (Å²) in [6, 6.07) is 2.07. The summed E-state index contributed by atoms with van der Waals surface area (Å²) < 4.78 is 5.65. The maximum absolute atomic E-state index is 6.08. The van der Waals surface area contributed by atoms with Crippen molar-refractivity contribution in [2.45, 2.75) is 32.4 Å². The molecule has 1 aliphatic heterocycles. The Bertz CT molecular complexity index is 402. The molecule has 1 saturated heterocycles. The second kappa shape index (κ2) is 5.38. The SMILES string of the molecule is CCC1COC(C)CN1c1cc(Cl)nnc1Cl. The first-order valence-corrected chi connectivity index (χ1v) is 6.44. The number of rotatable bonds is 2. The Balaban J connectivity index is 2.31. The van der Waals surface area contributed by atoms with Crippen LogP contribution in [0.2, 0.25) is 10.3 Å². The molecule has 0 aliphatic carbocycles. The van der Waals surface area contributed by atoms with E-state index < -0.39 is 0 Å². The first kappa shape index (κ1) is 12.9. The van der Waals surface area contributed by atoms with Crippen molar-refractivity contribution in [1.29, 1.82) is 0 Å². The summed E-state index contributed by atoms with van der Waals surface area (Å²) in [5.41, 5.74) is 0.841. The van der Waals surface area contributed by atoms with Crippen LogP contribution in [0.5, 0.6) is 0 Å². The second-order valence-electron chi connectivity index (χ2n) is 4.20. The van der Waals surface area contributed by atoms with Crippen molar-refractivity contribution in [2.24, 2.45) is 0 Å². The van der Waals surface area contributed by atoms with Crippen LogP contribution in [0.15, 0.2) is 6.07 Å². The number of aromatic nitrogens is 2. The molecule has 2 heterocycles. The van der Waals surface area contributed by atoms with Gasteiger partial charge in [-0.15, -0.1) is 10.2 Å². The van der Waals surface area contributed by atoms with Crippen molar-refractivity contribution < 1.29 is 4.74 Å². The van der Waals surface area contributed by atoms with Gasteiger partial charge in [-0.3, -0.25) is 0 Å². The molecule has 0 N–H and O–H groups in total. The van der Waals surface area contributed by atoms with Gasteiger partial charge in [0.2, 0.25) is 0 Å². The molecule has 2 rings (SSSR count). The van der Waals surface area contributed by atoms with Crippen LogP contribution in [0.25, 0.3) is 0 Å². The molecule has 0 radical (unpaired) electrons. The molecular formula is C11H15Cl2N3O. The molecule has 0 bridgehead atoms. The lowest BCUT2D eigenvalue weighted by Crippen LogP contribution is -2.48. The van der Waals surface area contributed by atoms with Crippen molar-refractivity contribution in [3.8, 4) is 0 Å². The van der Waals surface area contributed by atoms with Gasteiger partial charge in [0.25, 0.3) is 0 Å². The normalized spacial score (nSPS) is 25.1. The molecule has 1 fully saturated rings. The number of hydrogen-bond donors (Lipinski definition) is 0. The van der Waals surface area contributed by atoms with Crippen LogP contribution in [0, 0.1) is 0 Å². The van der Waals surface area contributed by atoms with Gasteiger partial charge in [0.1, 0.15) is 0 Å². The molecule has 0 spiro atoms. The molecule has 17 heavy (non-hydrogen) atoms. The van der Waals surface area contributed by atoms with Gasteiger partial charge in [0.15, 0.2) is 10.3 Å². The standard InChI is InChI=1S/C11H15Cl2N3O/c1-3-8-6-17-7(2)5-16(8)9-4-10(12)14-15-11(9)13/h4,7-8H,3,5-6H2,1-2H3. The Hall–Kier alpha value is -0.580. The lowest BCUT2D eigenvalue weighted by atomic mass is 10.1. The summed E-state index contributed by atoms with van der Waals surface area (Å²) in [5, 5.41) is 8.33. The summed E-state index contributed by atoms with van der Waals surface area (Å²) in [6.07, 6.45) is 1.17. The van der Waals surface area contributed by atoms with Crippen LogP contribution in [-0.2, 0) is 4.74 Å². The highest BCUT2D eigenvalue weighted by Crippen LogP contribution is 2.30. The van der Waals surface area contributed by atoms with Crippen LogP contribution in [0.4, 0.5) is 5.69 Å². The number of ether oxygens (including phenoxy) is 1. The number of anilines is 1. The van der Waals surface area contributed by atoms with Gasteiger partial charge in [-0.05, 0) is 13.3 Å². The van der Waals surface area contributed by atoms with Gasteiger partial charge < -0.3 is 9.64 Å². The van der Waals surface area contributed by atoms with Gasteiger partial charge in [-0.25, -0.2) is 0 Å². The number of hydrogen-bond acceptors (Lipinski definition) is 4. The first-order valence-electron chi connectivity index (χ1n) is 5.68. The summed E-state index contributed by atoms with van der Waals surface area (Å²) in [7, 11) is 0. The monoisotopic (exact) mass is 275 g/mol. The maximum Gasteiger partial charge on any atom is 0.175 e. The molecule has 0 amide bonds. The average Bonchev–Trinajstić information content (AvgIpc) is 2.32. The Morgan fingerprint density at radius 2 is 2.24 bits per heavy atom. The van der Waals surface area contributed by atoms with Crippen LogP contribution in [0.1, 0.15) is 20.3 Å². The zero-order chi connectivity index (χ0) is 12.4. The molecule has 1 aromatic heterocycles. The Labute approximate surface area is 111 Å². The molecule has 2 unspecified atom stereocenters. The quantitative estimate of drug-likeness (QED) is 0.832. The van der Waals surface area contributed by atoms with E-state index in [1.807, 2.05) is 6.92 Å². The molecule has 6 heteroatoms. The van der Waals surface area contributed by atoms with Crippen molar-refractivity contribution >= 4 is 28.9 Å². The van der Waals surface area contributed by atoms with E-state index in [9.17, 15) is 0 Å². The minimum absolute atomic E-state index is 0.181. The topological polar surface area (TPSA) is 38.2 Å². The van der Waals surface area contributed by atoms with E-state index in [4.69, 9.17) is 27.9 Å². The number of nitrogens with zero attached hydrogens (tertiary/aromatic N) is 3. The smallest absolute Gasteiger partial charge is 0.175 e. The predicted octanol–water partition coefficient (Wildman–Crippen LogP) is 2.79. The Kier molecular flexibility index (Phi) is 4.07. The van der Waals surface area contributed by atoms with Gasteiger partial charge in [0.05, 0.1) is 24.4 Å². The number of morpholine rings is 1. The van der Waals surface area contributed by atoms with Crippen molar-refractivity contribution in [3.05, 3.63) is 16.4 Å². The zero-order valence-corrected chi connectivity index (χ0v) is 11.4. The summed E-state index contributed by atoms with van der Waals surface area (Å²) >= 11 is 12.0. The highest BCUT2D eigenvalue weighted by molar-refractivity contribution is 6.33. The fourth-order valence-corrected chi connectivity index (χ4v) is 2.36. The second-order valence-corrected chi connectivity index (χ2v) is 4.95. The Morgan fingerprint density at radius 3 is 2.94 bits per heavy atom. The van der Waals surface area contributed by atoms with Gasteiger partial charge in [0, 0.05) is 12.6 Å². The summed E-state index contributed by atoms with van der Waals surface area (Å²) in [4.78, 5) is 2.21. The van der Waals surface area contributed by atoms with Crippen molar-refractivity contribution in [1.82, 2.24) is 10.2 Å². The summed E-state index contributed by atoms with van der Waals surface area (Å²) in [5.74, 6) is 0. The molecule has 0 saturated carbocycles. The third kappa shape index (κ3) is 2.81. The highest BCUT2D eigenvalue weighted by atomic mass is 35.5. The van der Waals surface area contributed by atoms with Crippen LogP contribution in [-0.4, -0.2) is 35.5 Å². The van der Waals surface area contributed by atoms with Crippen LogP contribution in [0.3, 0.4) is 0 Å². The molecule has 1 aliphatic rings. The first-order chi connectivity index (χ1) is 8.11. The van der Waals surface area contributed by atoms with E-state index >= 15 is 0 Å². The van der Waals surface area contributed by atoms with E-state index in [1.54, 1.807) is 6.07 Å². The van der Waals surface area contributed by atoms with Gasteiger partial charge >= 0.3 is 0 Å². The predicted molar refractivity (Wildman–Crippen MR) is 68.9 cm³/mol. The van der Waals surface area contributed by atoms with E-state index in [0.29, 0.717) is 23.0 Å². The van der Waals surface area contributed by atoms with E-state index in [1.165, 1.54) is 0 Å². The van der Waals surface area contributed by atoms with E-state index in [-0.39, 0.29) is 6.10 Å². The molecule has 1 aromatic rings. The third-order valence-electron chi connectivity index (χ3n) is 2.95. The molecular weight excluding hydrogens is 261 g/mol. The van der Waals surface area contributed by atoms with E-state index in [2.05, 4.69) is 22.0 Å². The third-order valence-corrected chi connectivity index (χ3v) is 3.40. The zero-order valence-electron chi connectivity index (χ0n) is 9.86. The van der Waals surface area contributed by atoms with Crippen LogP contribution < -0.4 is 4.90 Å². The van der Waals surface area contributed by atoms with Gasteiger partial charge in [-0.1, -0.05) is 30.1 Å². The van der Waals surface area contributed by atoms with Crippen LogP contribution >= 0.6 is 23.2 Å². The minimum Gasteiger partial charge on any atom is -0.375 e. The number of halogens is 2. The van der Waals surface area contributed by atoms with Crippen molar-refractivity contribution in [2.75, 3.05) is 18.1 Å². The fraction of sp³-hybridized carbons (Fsp3) is 0.636. The maximum atomic E-state index is 6.08. The molecule has 2 atom stereocenters. The lowest BCUT2D eigenvalue weighted by molar-refractivity contribution is 0.0299. The van der Waals surface area contributed by atoms with E-state index in [0.717, 1.165) is 18.7 Å². The minimum atomic E-state index is 0.181. The molecule has 4 nitrogen and oxygen atoms in total. The summed E-state index contributed by atoms with van der Waals surface area (Å²) in [6.45, 7) is 5.67. The Morgan fingerprint density at radius 1 is 1.47 bits per heavy atom. The largest absolute Gasteiger partial charge is 0.375 e. The van der Waals surface area contributed by atoms with Crippen molar-refractivity contribution in [3.63, 3.8) is 0 Å². The lowest BCUT2D eigenvalue weighted by Gasteiger charge is -2.39. The highest BCUT2D eigenvalue weighted by Gasteiger charge is 2.27.